The predicted molar refractivity (Wildman–Crippen MR) is 116 cm³/mol. The van der Waals surface area contributed by atoms with Gasteiger partial charge in [0, 0.05) is 5.92 Å². The Balaban J connectivity index is 1.65. The average Bonchev–Trinajstić information content (AvgIpc) is 2.74. The quantitative estimate of drug-likeness (QED) is 0.307. The second kappa shape index (κ2) is 13.6. The summed E-state index contributed by atoms with van der Waals surface area (Å²) in [4.78, 5) is 0. The Bertz CT molecular complexity index is 428. The molecule has 1 saturated heterocycles. The van der Waals surface area contributed by atoms with Gasteiger partial charge in [-0.3, -0.25) is 0 Å². The van der Waals surface area contributed by atoms with Crippen LogP contribution >= 0.6 is 0 Å². The largest absolute Gasteiger partial charge is 0.351 e. The predicted octanol–water partition coefficient (Wildman–Crippen LogP) is 7.40. The molecule has 3 nitrogen and oxygen atoms in total. The average molecular weight is 392 g/mol. The number of hydrogen-bond donors (Lipinski definition) is 0. The van der Waals surface area contributed by atoms with Crippen molar-refractivity contribution in [1.82, 2.24) is 0 Å². The molecule has 0 unspecified atom stereocenters. The summed E-state index contributed by atoms with van der Waals surface area (Å²) in [5.41, 5.74) is -0.398. The Morgan fingerprint density at radius 3 is 1.75 bits per heavy atom. The van der Waals surface area contributed by atoms with Crippen LogP contribution in [0.1, 0.15) is 117 Å². The van der Waals surface area contributed by atoms with Crippen molar-refractivity contribution < 1.29 is 9.47 Å². The van der Waals surface area contributed by atoms with Crippen LogP contribution in [-0.2, 0) is 9.47 Å². The van der Waals surface area contributed by atoms with Crippen LogP contribution in [0.4, 0.5) is 0 Å². The maximum Gasteiger partial charge on any atom is 0.176 e. The maximum atomic E-state index is 9.93. The second-order valence-corrected chi connectivity index (χ2v) is 9.48. The lowest BCUT2D eigenvalue weighted by molar-refractivity contribution is -0.247. The lowest BCUT2D eigenvalue weighted by Crippen LogP contribution is -2.45. The highest BCUT2D eigenvalue weighted by molar-refractivity contribution is 5.04. The van der Waals surface area contributed by atoms with Crippen molar-refractivity contribution in [1.29, 1.82) is 5.26 Å². The molecule has 2 aliphatic rings. The molecule has 2 fully saturated rings. The minimum absolute atomic E-state index is 0.292. The van der Waals surface area contributed by atoms with Crippen molar-refractivity contribution in [3.63, 3.8) is 0 Å². The fraction of sp³-hybridized carbons (Fsp3) is 0.960. The third kappa shape index (κ3) is 7.68. The summed E-state index contributed by atoms with van der Waals surface area (Å²) < 4.78 is 12.2. The molecular weight excluding hydrogens is 346 g/mol. The SMILES string of the molecule is CCCCCCCC1COC([C@]2(C#N)CC[C@@H](CCCCCCC)CC2)OC1. The van der Waals surface area contributed by atoms with Gasteiger partial charge in [0.1, 0.15) is 5.41 Å². The van der Waals surface area contributed by atoms with Crippen LogP contribution in [-0.4, -0.2) is 19.5 Å². The Labute approximate surface area is 174 Å². The first kappa shape index (κ1) is 23.7. The highest BCUT2D eigenvalue weighted by Crippen LogP contribution is 2.45. The normalized spacial score (nSPS) is 30.8. The van der Waals surface area contributed by atoms with Gasteiger partial charge < -0.3 is 9.47 Å². The van der Waals surface area contributed by atoms with Crippen LogP contribution in [0, 0.1) is 28.6 Å². The molecule has 0 aromatic rings. The number of nitrogens with zero attached hydrogens (tertiary/aromatic N) is 1. The van der Waals surface area contributed by atoms with Gasteiger partial charge in [0.15, 0.2) is 6.29 Å². The van der Waals surface area contributed by atoms with E-state index in [-0.39, 0.29) is 6.29 Å². The molecule has 0 aromatic heterocycles. The van der Waals surface area contributed by atoms with Crippen LogP contribution in [0.25, 0.3) is 0 Å². The minimum Gasteiger partial charge on any atom is -0.351 e. The third-order valence-corrected chi connectivity index (χ3v) is 7.07. The van der Waals surface area contributed by atoms with Crippen LogP contribution in [0.2, 0.25) is 0 Å². The zero-order chi connectivity index (χ0) is 20.1. The van der Waals surface area contributed by atoms with E-state index in [9.17, 15) is 5.26 Å². The highest BCUT2D eigenvalue weighted by Gasteiger charge is 2.45. The molecule has 0 atom stereocenters. The molecule has 0 bridgehead atoms. The van der Waals surface area contributed by atoms with Crippen molar-refractivity contribution in [3.05, 3.63) is 0 Å². The van der Waals surface area contributed by atoms with E-state index in [1.54, 1.807) is 0 Å². The Morgan fingerprint density at radius 2 is 1.25 bits per heavy atom. The molecule has 1 heterocycles. The molecule has 0 N–H and O–H groups in total. The fourth-order valence-corrected chi connectivity index (χ4v) is 4.98. The summed E-state index contributed by atoms with van der Waals surface area (Å²) in [7, 11) is 0. The number of hydrogen-bond acceptors (Lipinski definition) is 3. The summed E-state index contributed by atoms with van der Waals surface area (Å²) in [6.45, 7) is 6.09. The van der Waals surface area contributed by atoms with Crippen molar-refractivity contribution in [3.8, 4) is 6.07 Å². The van der Waals surface area contributed by atoms with E-state index in [2.05, 4.69) is 19.9 Å². The van der Waals surface area contributed by atoms with Crippen molar-refractivity contribution in [2.75, 3.05) is 13.2 Å². The summed E-state index contributed by atoms with van der Waals surface area (Å²) in [6.07, 6.45) is 19.9. The smallest absolute Gasteiger partial charge is 0.176 e. The highest BCUT2D eigenvalue weighted by atomic mass is 16.7. The van der Waals surface area contributed by atoms with E-state index < -0.39 is 5.41 Å². The molecule has 2 rings (SSSR count). The molecule has 0 radical (unpaired) electrons. The number of ether oxygens (including phenoxy) is 2. The van der Waals surface area contributed by atoms with Crippen molar-refractivity contribution >= 4 is 0 Å². The summed E-state index contributed by atoms with van der Waals surface area (Å²) in [6, 6.07) is 2.62. The van der Waals surface area contributed by atoms with E-state index in [4.69, 9.17) is 9.47 Å². The van der Waals surface area contributed by atoms with E-state index in [0.717, 1.165) is 32.0 Å². The summed E-state index contributed by atoms with van der Waals surface area (Å²) >= 11 is 0. The topological polar surface area (TPSA) is 42.2 Å². The lowest BCUT2D eigenvalue weighted by Gasteiger charge is -2.42. The van der Waals surface area contributed by atoms with Crippen LogP contribution < -0.4 is 0 Å². The van der Waals surface area contributed by atoms with E-state index >= 15 is 0 Å². The second-order valence-electron chi connectivity index (χ2n) is 9.48. The summed E-state index contributed by atoms with van der Waals surface area (Å²) in [5.74, 6) is 1.33. The molecule has 1 aliphatic heterocycles. The van der Waals surface area contributed by atoms with Gasteiger partial charge in [-0.15, -0.1) is 0 Å². The Kier molecular flexibility index (Phi) is 11.5. The molecule has 28 heavy (non-hydrogen) atoms. The molecule has 1 saturated carbocycles. The van der Waals surface area contributed by atoms with E-state index in [0.29, 0.717) is 5.92 Å². The zero-order valence-corrected chi connectivity index (χ0v) is 18.7. The summed E-state index contributed by atoms with van der Waals surface area (Å²) in [5, 5.41) is 9.93. The standard InChI is InChI=1S/C25H45NO2/c1-3-5-7-9-11-13-22-15-17-25(21-26,18-16-22)24-27-19-23(20-28-24)14-12-10-8-6-4-2/h22-24H,3-20H2,1-2H3/t22-,23?,24?,25-. The van der Waals surface area contributed by atoms with Gasteiger partial charge in [0.05, 0.1) is 19.3 Å². The third-order valence-electron chi connectivity index (χ3n) is 7.07. The molecule has 0 amide bonds. The van der Waals surface area contributed by atoms with Gasteiger partial charge in [0.25, 0.3) is 0 Å². The number of rotatable bonds is 13. The van der Waals surface area contributed by atoms with Gasteiger partial charge in [-0.05, 0) is 38.0 Å². The van der Waals surface area contributed by atoms with E-state index in [1.165, 1.54) is 89.9 Å². The van der Waals surface area contributed by atoms with Gasteiger partial charge in [-0.2, -0.15) is 5.26 Å². The van der Waals surface area contributed by atoms with Crippen LogP contribution in [0.3, 0.4) is 0 Å². The zero-order valence-electron chi connectivity index (χ0n) is 18.7. The Morgan fingerprint density at radius 1 is 0.750 bits per heavy atom. The first-order valence-corrected chi connectivity index (χ1v) is 12.4. The van der Waals surface area contributed by atoms with Gasteiger partial charge in [-0.1, -0.05) is 84.5 Å². The molecule has 1 aliphatic carbocycles. The van der Waals surface area contributed by atoms with Crippen molar-refractivity contribution in [2.45, 2.75) is 123 Å². The first-order valence-electron chi connectivity index (χ1n) is 12.4. The molecular formula is C25H45NO2. The fourth-order valence-electron chi connectivity index (χ4n) is 4.98. The number of nitriles is 1. The maximum absolute atomic E-state index is 9.93. The molecule has 3 heteroatoms. The first-order chi connectivity index (χ1) is 13.7. The van der Waals surface area contributed by atoms with E-state index in [1.807, 2.05) is 0 Å². The Hall–Kier alpha value is -0.590. The molecule has 0 aromatic carbocycles. The molecule has 162 valence electrons. The molecule has 0 spiro atoms. The number of unbranched alkanes of at least 4 members (excludes halogenated alkanes) is 8. The van der Waals surface area contributed by atoms with Gasteiger partial charge in [0.2, 0.25) is 0 Å². The van der Waals surface area contributed by atoms with Crippen LogP contribution in [0.15, 0.2) is 0 Å². The van der Waals surface area contributed by atoms with Gasteiger partial charge >= 0.3 is 0 Å². The van der Waals surface area contributed by atoms with Crippen LogP contribution in [0.5, 0.6) is 0 Å². The van der Waals surface area contributed by atoms with Gasteiger partial charge in [-0.25, -0.2) is 0 Å². The lowest BCUT2D eigenvalue weighted by atomic mass is 9.69. The minimum atomic E-state index is -0.398. The van der Waals surface area contributed by atoms with Crippen molar-refractivity contribution in [2.24, 2.45) is 17.3 Å². The monoisotopic (exact) mass is 391 g/mol.